The average molecular weight is 236 g/mol. The van der Waals surface area contributed by atoms with E-state index in [1.54, 1.807) is 5.57 Å². The maximum atomic E-state index is 9.31. The summed E-state index contributed by atoms with van der Waals surface area (Å²) in [7, 11) is 0. The second-order valence-electron chi connectivity index (χ2n) is 6.95. The minimum Gasteiger partial charge on any atom is -0.392 e. The molecule has 17 heavy (non-hydrogen) atoms. The van der Waals surface area contributed by atoms with Gasteiger partial charge in [0.15, 0.2) is 0 Å². The van der Waals surface area contributed by atoms with Crippen LogP contribution in [0.4, 0.5) is 0 Å². The predicted octanol–water partition coefficient (Wildman–Crippen LogP) is 4.17. The summed E-state index contributed by atoms with van der Waals surface area (Å²) in [6.45, 7) is 9.71. The summed E-state index contributed by atoms with van der Waals surface area (Å²) in [5.41, 5.74) is 3.26. The zero-order chi connectivity index (χ0) is 12.6. The molecule has 0 radical (unpaired) electrons. The Kier molecular flexibility index (Phi) is 3.68. The first kappa shape index (κ1) is 13.1. The Labute approximate surface area is 106 Å². The first-order valence-electron chi connectivity index (χ1n) is 7.25. The molecule has 1 heteroatoms. The maximum Gasteiger partial charge on any atom is 0.0641 e. The number of hydrogen-bond acceptors (Lipinski definition) is 1. The molecule has 0 amide bonds. The number of rotatable bonds is 1. The second-order valence-corrected chi connectivity index (χ2v) is 6.95. The zero-order valence-corrected chi connectivity index (χ0v) is 11.9. The van der Waals surface area contributed by atoms with Crippen molar-refractivity contribution in [1.82, 2.24) is 0 Å². The SMILES string of the molecule is C/C(CO)=C1/CCC2CCC(C)C(C)(C)C2C1. The molecule has 0 aliphatic heterocycles. The van der Waals surface area contributed by atoms with E-state index in [-0.39, 0.29) is 6.61 Å². The molecule has 0 saturated heterocycles. The van der Waals surface area contributed by atoms with Gasteiger partial charge in [-0.05, 0) is 67.8 Å². The topological polar surface area (TPSA) is 20.2 Å². The lowest BCUT2D eigenvalue weighted by molar-refractivity contribution is 0.00689. The van der Waals surface area contributed by atoms with E-state index in [0.29, 0.717) is 5.41 Å². The molecular formula is C16H28O. The van der Waals surface area contributed by atoms with Crippen LogP contribution >= 0.6 is 0 Å². The molecule has 2 saturated carbocycles. The van der Waals surface area contributed by atoms with E-state index in [9.17, 15) is 5.11 Å². The quantitative estimate of drug-likeness (QED) is 0.678. The van der Waals surface area contributed by atoms with Crippen LogP contribution in [0.2, 0.25) is 0 Å². The van der Waals surface area contributed by atoms with Gasteiger partial charge in [-0.1, -0.05) is 26.3 Å². The number of aliphatic hydroxyl groups is 1. The van der Waals surface area contributed by atoms with Gasteiger partial charge in [0.05, 0.1) is 6.61 Å². The van der Waals surface area contributed by atoms with Crippen LogP contribution in [0.5, 0.6) is 0 Å². The van der Waals surface area contributed by atoms with Crippen molar-refractivity contribution in [1.29, 1.82) is 0 Å². The summed E-state index contributed by atoms with van der Waals surface area (Å²) in [5.74, 6) is 2.63. The molecular weight excluding hydrogens is 208 g/mol. The van der Waals surface area contributed by atoms with Crippen molar-refractivity contribution in [3.63, 3.8) is 0 Å². The lowest BCUT2D eigenvalue weighted by Gasteiger charge is -2.51. The smallest absolute Gasteiger partial charge is 0.0641 e. The van der Waals surface area contributed by atoms with Crippen LogP contribution in [0, 0.1) is 23.2 Å². The number of aliphatic hydroxyl groups excluding tert-OH is 1. The Morgan fingerprint density at radius 2 is 2.00 bits per heavy atom. The Hall–Kier alpha value is -0.300. The summed E-state index contributed by atoms with van der Waals surface area (Å²) < 4.78 is 0. The molecule has 2 aliphatic rings. The molecule has 2 rings (SSSR count). The number of hydrogen-bond donors (Lipinski definition) is 1. The molecule has 3 atom stereocenters. The Balaban J connectivity index is 2.20. The third-order valence-corrected chi connectivity index (χ3v) is 5.89. The van der Waals surface area contributed by atoms with E-state index in [1.807, 2.05) is 0 Å². The minimum atomic E-state index is 0.253. The zero-order valence-electron chi connectivity index (χ0n) is 11.9. The molecule has 0 spiro atoms. The molecule has 1 N–H and O–H groups in total. The summed E-state index contributed by atoms with van der Waals surface area (Å²) in [5, 5.41) is 9.31. The Bertz CT molecular complexity index is 313. The van der Waals surface area contributed by atoms with Crippen LogP contribution in [0.15, 0.2) is 11.1 Å². The maximum absolute atomic E-state index is 9.31. The Morgan fingerprint density at radius 3 is 2.65 bits per heavy atom. The molecule has 2 aliphatic carbocycles. The van der Waals surface area contributed by atoms with E-state index in [2.05, 4.69) is 27.7 Å². The van der Waals surface area contributed by atoms with Crippen LogP contribution < -0.4 is 0 Å². The van der Waals surface area contributed by atoms with Crippen LogP contribution in [-0.4, -0.2) is 11.7 Å². The van der Waals surface area contributed by atoms with Gasteiger partial charge >= 0.3 is 0 Å². The molecule has 0 aromatic rings. The fourth-order valence-corrected chi connectivity index (χ4v) is 4.01. The number of fused-ring (bicyclic) bond motifs is 1. The van der Waals surface area contributed by atoms with E-state index in [4.69, 9.17) is 0 Å². The lowest BCUT2D eigenvalue weighted by Crippen LogP contribution is -2.42. The normalized spacial score (nSPS) is 39.7. The van der Waals surface area contributed by atoms with Crippen LogP contribution in [0.25, 0.3) is 0 Å². The highest BCUT2D eigenvalue weighted by molar-refractivity contribution is 5.17. The van der Waals surface area contributed by atoms with Gasteiger partial charge < -0.3 is 5.11 Å². The molecule has 1 nitrogen and oxygen atoms in total. The molecule has 0 bridgehead atoms. The average Bonchev–Trinajstić information content (AvgIpc) is 2.33. The summed E-state index contributed by atoms with van der Waals surface area (Å²) in [6, 6.07) is 0. The third-order valence-electron chi connectivity index (χ3n) is 5.89. The highest BCUT2D eigenvalue weighted by Gasteiger charge is 2.44. The van der Waals surface area contributed by atoms with E-state index < -0.39 is 0 Å². The van der Waals surface area contributed by atoms with E-state index >= 15 is 0 Å². The minimum absolute atomic E-state index is 0.253. The summed E-state index contributed by atoms with van der Waals surface area (Å²) in [4.78, 5) is 0. The van der Waals surface area contributed by atoms with Gasteiger partial charge in [-0.25, -0.2) is 0 Å². The highest BCUT2D eigenvalue weighted by atomic mass is 16.3. The van der Waals surface area contributed by atoms with Gasteiger partial charge in [0.25, 0.3) is 0 Å². The summed E-state index contributed by atoms with van der Waals surface area (Å²) >= 11 is 0. The van der Waals surface area contributed by atoms with Gasteiger partial charge in [-0.15, -0.1) is 0 Å². The molecule has 0 aromatic carbocycles. The van der Waals surface area contributed by atoms with Crippen LogP contribution in [-0.2, 0) is 0 Å². The molecule has 2 fully saturated rings. The van der Waals surface area contributed by atoms with E-state index in [1.165, 1.54) is 37.7 Å². The van der Waals surface area contributed by atoms with Gasteiger partial charge in [-0.2, -0.15) is 0 Å². The van der Waals surface area contributed by atoms with Gasteiger partial charge in [0, 0.05) is 0 Å². The summed E-state index contributed by atoms with van der Waals surface area (Å²) in [6.07, 6.45) is 6.67. The lowest BCUT2D eigenvalue weighted by atomic mass is 9.54. The third kappa shape index (κ3) is 2.31. The largest absolute Gasteiger partial charge is 0.392 e. The molecule has 0 aromatic heterocycles. The van der Waals surface area contributed by atoms with Crippen molar-refractivity contribution in [2.24, 2.45) is 23.2 Å². The van der Waals surface area contributed by atoms with Crippen molar-refractivity contribution in [3.05, 3.63) is 11.1 Å². The van der Waals surface area contributed by atoms with Crippen LogP contribution in [0.1, 0.15) is 59.8 Å². The molecule has 98 valence electrons. The van der Waals surface area contributed by atoms with E-state index in [0.717, 1.165) is 17.8 Å². The van der Waals surface area contributed by atoms with Crippen LogP contribution in [0.3, 0.4) is 0 Å². The molecule has 3 unspecified atom stereocenters. The van der Waals surface area contributed by atoms with Crippen molar-refractivity contribution in [2.75, 3.05) is 6.61 Å². The Morgan fingerprint density at radius 1 is 1.29 bits per heavy atom. The predicted molar refractivity (Wildman–Crippen MR) is 72.8 cm³/mol. The van der Waals surface area contributed by atoms with Gasteiger partial charge in [-0.3, -0.25) is 0 Å². The van der Waals surface area contributed by atoms with Crippen molar-refractivity contribution in [3.8, 4) is 0 Å². The van der Waals surface area contributed by atoms with Gasteiger partial charge in [0.2, 0.25) is 0 Å². The van der Waals surface area contributed by atoms with Crippen molar-refractivity contribution >= 4 is 0 Å². The number of allylic oxidation sites excluding steroid dienone is 1. The fourth-order valence-electron chi connectivity index (χ4n) is 4.01. The fraction of sp³-hybridized carbons (Fsp3) is 0.875. The first-order valence-corrected chi connectivity index (χ1v) is 7.25. The first-order chi connectivity index (χ1) is 7.96. The monoisotopic (exact) mass is 236 g/mol. The highest BCUT2D eigenvalue weighted by Crippen LogP contribution is 2.54. The van der Waals surface area contributed by atoms with Crippen molar-refractivity contribution in [2.45, 2.75) is 59.8 Å². The second kappa shape index (κ2) is 4.76. The molecule has 0 heterocycles. The standard InChI is InChI=1S/C16H28O/c1-11(10-17)14-8-7-13-6-5-12(2)16(3,4)15(13)9-14/h12-13,15,17H,5-10H2,1-4H3/b14-11+. The van der Waals surface area contributed by atoms with Crippen molar-refractivity contribution < 1.29 is 5.11 Å². The van der Waals surface area contributed by atoms with Gasteiger partial charge in [0.1, 0.15) is 0 Å².